The highest BCUT2D eigenvalue weighted by atomic mass is 16.6. The molecule has 2 fully saturated rings. The molecular weight excluding hydrogens is 158 g/mol. The van der Waals surface area contributed by atoms with Crippen molar-refractivity contribution in [1.82, 2.24) is 5.32 Å². The van der Waals surface area contributed by atoms with Crippen molar-refractivity contribution in [2.75, 3.05) is 39.5 Å². The molecule has 0 aliphatic carbocycles. The van der Waals surface area contributed by atoms with Gasteiger partial charge in [-0.3, -0.25) is 0 Å². The summed E-state index contributed by atoms with van der Waals surface area (Å²) in [5.41, 5.74) is 0. The summed E-state index contributed by atoms with van der Waals surface area (Å²) in [5, 5.41) is 3.26. The summed E-state index contributed by atoms with van der Waals surface area (Å²) in [6.07, 6.45) is 0.551. The molecule has 0 aromatic carbocycles. The molecule has 0 radical (unpaired) electrons. The molecule has 12 heavy (non-hydrogen) atoms. The smallest absolute Gasteiger partial charge is 0.104 e. The maximum atomic E-state index is 5.53. The van der Waals surface area contributed by atoms with Gasteiger partial charge in [-0.1, -0.05) is 0 Å². The molecule has 2 aliphatic rings. The van der Waals surface area contributed by atoms with Crippen molar-refractivity contribution in [2.45, 2.75) is 12.2 Å². The van der Waals surface area contributed by atoms with Gasteiger partial charge in [-0.25, -0.2) is 0 Å². The first-order valence-corrected chi connectivity index (χ1v) is 4.47. The fourth-order valence-electron chi connectivity index (χ4n) is 1.28. The van der Waals surface area contributed by atoms with E-state index < -0.39 is 0 Å². The van der Waals surface area contributed by atoms with Gasteiger partial charge in [0, 0.05) is 13.1 Å². The molecule has 4 heteroatoms. The van der Waals surface area contributed by atoms with Crippen molar-refractivity contribution in [3.8, 4) is 0 Å². The van der Waals surface area contributed by atoms with E-state index >= 15 is 0 Å². The predicted molar refractivity (Wildman–Crippen MR) is 43.2 cm³/mol. The maximum Gasteiger partial charge on any atom is 0.104 e. The van der Waals surface area contributed by atoms with Crippen LogP contribution in [-0.4, -0.2) is 51.7 Å². The minimum atomic E-state index is 0.236. The predicted octanol–water partition coefficient (Wildman–Crippen LogP) is -0.610. The van der Waals surface area contributed by atoms with Gasteiger partial charge in [0.25, 0.3) is 0 Å². The second kappa shape index (κ2) is 4.18. The first kappa shape index (κ1) is 8.44. The van der Waals surface area contributed by atoms with Crippen LogP contribution < -0.4 is 5.32 Å². The van der Waals surface area contributed by atoms with Crippen LogP contribution in [0, 0.1) is 0 Å². The van der Waals surface area contributed by atoms with Crippen molar-refractivity contribution >= 4 is 0 Å². The number of hydrogen-bond acceptors (Lipinski definition) is 4. The van der Waals surface area contributed by atoms with Gasteiger partial charge in [0.05, 0.1) is 32.5 Å². The summed E-state index contributed by atoms with van der Waals surface area (Å²) in [5.74, 6) is 0. The maximum absolute atomic E-state index is 5.53. The lowest BCUT2D eigenvalue weighted by molar-refractivity contribution is -0.150. The largest absolute Gasteiger partial charge is 0.376 e. The lowest BCUT2D eigenvalue weighted by Crippen LogP contribution is -2.44. The molecular formula is C8H15NO3. The summed E-state index contributed by atoms with van der Waals surface area (Å²) >= 11 is 0. The Kier molecular flexibility index (Phi) is 2.94. The van der Waals surface area contributed by atoms with E-state index in [1.807, 2.05) is 0 Å². The van der Waals surface area contributed by atoms with Crippen LogP contribution >= 0.6 is 0 Å². The van der Waals surface area contributed by atoms with Crippen molar-refractivity contribution < 1.29 is 14.2 Å². The Bertz CT molecular complexity index is 132. The fourth-order valence-corrected chi connectivity index (χ4v) is 1.28. The molecule has 70 valence electrons. The fraction of sp³-hybridized carbons (Fsp3) is 1.00. The van der Waals surface area contributed by atoms with Crippen LogP contribution in [0.25, 0.3) is 0 Å². The molecule has 0 aromatic rings. The Labute approximate surface area is 72.2 Å². The zero-order valence-corrected chi connectivity index (χ0v) is 7.12. The highest BCUT2D eigenvalue weighted by Crippen LogP contribution is 2.07. The number of hydrogen-bond donors (Lipinski definition) is 1. The highest BCUT2D eigenvalue weighted by molar-refractivity contribution is 4.69. The topological polar surface area (TPSA) is 39.7 Å². The van der Waals surface area contributed by atoms with Crippen LogP contribution in [0.15, 0.2) is 0 Å². The number of morpholine rings is 1. The Hall–Kier alpha value is -0.160. The second-order valence-corrected chi connectivity index (χ2v) is 3.19. The second-order valence-electron chi connectivity index (χ2n) is 3.19. The molecule has 0 bridgehead atoms. The summed E-state index contributed by atoms with van der Waals surface area (Å²) in [6, 6.07) is 0. The van der Waals surface area contributed by atoms with Crippen LogP contribution in [0.5, 0.6) is 0 Å². The monoisotopic (exact) mass is 173 g/mol. The summed E-state index contributed by atoms with van der Waals surface area (Å²) < 4.78 is 16.0. The van der Waals surface area contributed by atoms with Gasteiger partial charge in [0.15, 0.2) is 0 Å². The highest BCUT2D eigenvalue weighted by Gasteiger charge is 2.21. The van der Waals surface area contributed by atoms with Crippen LogP contribution in [0.1, 0.15) is 0 Å². The van der Waals surface area contributed by atoms with E-state index in [0.717, 1.165) is 32.9 Å². The molecule has 0 aromatic heterocycles. The quantitative estimate of drug-likeness (QED) is 0.618. The molecule has 2 heterocycles. The SMILES string of the molecule is C1COC(COC2COC2)CN1. The average Bonchev–Trinajstić information content (AvgIpc) is 2.04. The standard InChI is InChI=1S/C8H15NO3/c1-2-11-7(3-9-1)6-12-8-4-10-5-8/h7-9H,1-6H2. The van der Waals surface area contributed by atoms with Crippen molar-refractivity contribution in [3.63, 3.8) is 0 Å². The Morgan fingerprint density at radius 1 is 1.42 bits per heavy atom. The normalized spacial score (nSPS) is 31.5. The van der Waals surface area contributed by atoms with Gasteiger partial charge in [-0.05, 0) is 0 Å². The molecule has 2 aliphatic heterocycles. The van der Waals surface area contributed by atoms with Gasteiger partial charge >= 0.3 is 0 Å². The Balaban J connectivity index is 1.58. The van der Waals surface area contributed by atoms with Crippen LogP contribution in [0.2, 0.25) is 0 Å². The minimum absolute atomic E-state index is 0.236. The summed E-state index contributed by atoms with van der Waals surface area (Å²) in [6.45, 7) is 4.87. The van der Waals surface area contributed by atoms with Gasteiger partial charge in [0.1, 0.15) is 6.10 Å². The zero-order chi connectivity index (χ0) is 8.23. The molecule has 0 saturated carbocycles. The average molecular weight is 173 g/mol. The Morgan fingerprint density at radius 3 is 2.92 bits per heavy atom. The van der Waals surface area contributed by atoms with E-state index in [4.69, 9.17) is 14.2 Å². The number of ether oxygens (including phenoxy) is 3. The van der Waals surface area contributed by atoms with Crippen LogP contribution in [0.4, 0.5) is 0 Å². The molecule has 1 unspecified atom stereocenters. The Morgan fingerprint density at radius 2 is 2.33 bits per heavy atom. The molecule has 4 nitrogen and oxygen atoms in total. The molecule has 0 spiro atoms. The summed E-state index contributed by atoms with van der Waals surface area (Å²) in [4.78, 5) is 0. The summed E-state index contributed by atoms with van der Waals surface area (Å²) in [7, 11) is 0. The third-order valence-corrected chi connectivity index (χ3v) is 2.13. The van der Waals surface area contributed by atoms with Crippen molar-refractivity contribution in [3.05, 3.63) is 0 Å². The van der Waals surface area contributed by atoms with E-state index in [9.17, 15) is 0 Å². The van der Waals surface area contributed by atoms with Gasteiger partial charge in [-0.2, -0.15) is 0 Å². The lowest BCUT2D eigenvalue weighted by Gasteiger charge is -2.29. The molecule has 1 N–H and O–H groups in total. The van der Waals surface area contributed by atoms with E-state index in [2.05, 4.69) is 5.32 Å². The third-order valence-electron chi connectivity index (χ3n) is 2.13. The minimum Gasteiger partial charge on any atom is -0.376 e. The molecule has 1 atom stereocenters. The first-order valence-electron chi connectivity index (χ1n) is 4.47. The van der Waals surface area contributed by atoms with Crippen LogP contribution in [-0.2, 0) is 14.2 Å². The van der Waals surface area contributed by atoms with Gasteiger partial charge in [0.2, 0.25) is 0 Å². The number of nitrogens with one attached hydrogen (secondary N) is 1. The first-order chi connectivity index (χ1) is 5.95. The van der Waals surface area contributed by atoms with E-state index in [1.165, 1.54) is 0 Å². The van der Waals surface area contributed by atoms with Crippen LogP contribution in [0.3, 0.4) is 0 Å². The van der Waals surface area contributed by atoms with E-state index in [-0.39, 0.29) is 6.10 Å². The van der Waals surface area contributed by atoms with Gasteiger partial charge in [-0.15, -0.1) is 0 Å². The van der Waals surface area contributed by atoms with Crippen molar-refractivity contribution in [1.29, 1.82) is 0 Å². The van der Waals surface area contributed by atoms with Crippen molar-refractivity contribution in [2.24, 2.45) is 0 Å². The van der Waals surface area contributed by atoms with Gasteiger partial charge < -0.3 is 19.5 Å². The van der Waals surface area contributed by atoms with E-state index in [0.29, 0.717) is 12.7 Å². The molecule has 0 amide bonds. The zero-order valence-electron chi connectivity index (χ0n) is 7.12. The van der Waals surface area contributed by atoms with E-state index in [1.54, 1.807) is 0 Å². The lowest BCUT2D eigenvalue weighted by atomic mass is 10.3. The number of rotatable bonds is 3. The molecule has 2 rings (SSSR count). The third kappa shape index (κ3) is 2.17. The molecule has 2 saturated heterocycles.